The van der Waals surface area contributed by atoms with Gasteiger partial charge in [0.2, 0.25) is 0 Å². The number of ether oxygens (including phenoxy) is 1. The van der Waals surface area contributed by atoms with E-state index in [1.165, 1.54) is 0 Å². The largest absolute Gasteiger partial charge is 0.393 e. The topological polar surface area (TPSA) is 98.5 Å². The van der Waals surface area contributed by atoms with Gasteiger partial charge in [-0.25, -0.2) is 4.98 Å². The minimum absolute atomic E-state index is 0.00208. The molecule has 1 aromatic carbocycles. The summed E-state index contributed by atoms with van der Waals surface area (Å²) in [5, 5.41) is 22.5. The third kappa shape index (κ3) is 5.42. The molecular formula is C26H34N4O3. The van der Waals surface area contributed by atoms with Gasteiger partial charge in [0.15, 0.2) is 6.29 Å². The lowest BCUT2D eigenvalue weighted by Gasteiger charge is -2.29. The predicted molar refractivity (Wildman–Crippen MR) is 132 cm³/mol. The number of carbonyl (C=O) groups is 1. The van der Waals surface area contributed by atoms with Crippen LogP contribution in [-0.2, 0) is 4.74 Å². The van der Waals surface area contributed by atoms with Gasteiger partial charge < -0.3 is 25.5 Å². The molecular weight excluding hydrogens is 416 g/mol. The molecule has 2 heterocycles. The Morgan fingerprint density at radius 2 is 1.97 bits per heavy atom. The second-order valence-electron chi connectivity index (χ2n) is 9.31. The number of benzene rings is 1. The first-order chi connectivity index (χ1) is 16.0. The van der Waals surface area contributed by atoms with Gasteiger partial charge in [0.25, 0.3) is 0 Å². The van der Waals surface area contributed by atoms with Crippen molar-refractivity contribution >= 4 is 23.5 Å². The van der Waals surface area contributed by atoms with Crippen LogP contribution < -0.4 is 10.2 Å². The van der Waals surface area contributed by atoms with Gasteiger partial charge in [-0.15, -0.1) is 0 Å². The Bertz CT molecular complexity index is 984. The van der Waals surface area contributed by atoms with E-state index in [0.717, 1.165) is 74.2 Å². The number of rotatable bonds is 7. The SMILES string of the molecule is CC(C)C(=N)c1c(-c2ccc(N3CCOCC3)cc2)cc(C=O)nc1NC1CCCC(O)C1. The predicted octanol–water partition coefficient (Wildman–Crippen LogP) is 4.14. The molecule has 2 aromatic rings. The van der Waals surface area contributed by atoms with Crippen molar-refractivity contribution in [2.24, 2.45) is 5.92 Å². The van der Waals surface area contributed by atoms with E-state index in [4.69, 9.17) is 10.1 Å². The average Bonchev–Trinajstić information content (AvgIpc) is 2.84. The molecule has 4 rings (SSSR count). The minimum atomic E-state index is -0.328. The van der Waals surface area contributed by atoms with E-state index in [-0.39, 0.29) is 18.1 Å². The number of hydrogen-bond donors (Lipinski definition) is 3. The van der Waals surface area contributed by atoms with Crippen molar-refractivity contribution < 1.29 is 14.6 Å². The monoisotopic (exact) mass is 450 g/mol. The number of anilines is 2. The van der Waals surface area contributed by atoms with Crippen LogP contribution in [0.1, 0.15) is 55.6 Å². The number of nitrogens with zero attached hydrogens (tertiary/aromatic N) is 2. The van der Waals surface area contributed by atoms with Gasteiger partial charge in [0, 0.05) is 36.1 Å². The first-order valence-electron chi connectivity index (χ1n) is 11.9. The van der Waals surface area contributed by atoms with Crippen LogP contribution in [0.3, 0.4) is 0 Å². The maximum Gasteiger partial charge on any atom is 0.168 e. The summed E-state index contributed by atoms with van der Waals surface area (Å²) in [6, 6.07) is 10.1. The van der Waals surface area contributed by atoms with Crippen molar-refractivity contribution in [2.45, 2.75) is 51.7 Å². The highest BCUT2D eigenvalue weighted by Gasteiger charge is 2.25. The minimum Gasteiger partial charge on any atom is -0.393 e. The maximum atomic E-state index is 11.8. The Hall–Kier alpha value is -2.77. The molecule has 7 nitrogen and oxygen atoms in total. The van der Waals surface area contributed by atoms with E-state index >= 15 is 0 Å². The molecule has 1 saturated carbocycles. The molecule has 1 aliphatic carbocycles. The lowest BCUT2D eigenvalue weighted by molar-refractivity contribution is 0.111. The molecule has 0 bridgehead atoms. The Balaban J connectivity index is 1.74. The standard InChI is InChI=1S/C26H34N4O3/c1-17(2)25(27)24-23(18-6-8-21(9-7-18)30-10-12-33-13-11-30)15-20(16-31)29-26(24)28-19-4-3-5-22(32)14-19/h6-9,15-17,19,22,27,32H,3-5,10-14H2,1-2H3,(H,28,29). The van der Waals surface area contributed by atoms with Gasteiger partial charge in [-0.1, -0.05) is 26.0 Å². The number of hydrogen-bond acceptors (Lipinski definition) is 7. The van der Waals surface area contributed by atoms with Crippen LogP contribution >= 0.6 is 0 Å². The molecule has 2 unspecified atom stereocenters. The molecule has 33 heavy (non-hydrogen) atoms. The zero-order chi connectivity index (χ0) is 23.4. The normalized spacial score (nSPS) is 21.2. The van der Waals surface area contributed by atoms with Gasteiger partial charge in [-0.05, 0) is 60.9 Å². The Morgan fingerprint density at radius 3 is 2.61 bits per heavy atom. The van der Waals surface area contributed by atoms with Gasteiger partial charge in [0.05, 0.1) is 19.3 Å². The van der Waals surface area contributed by atoms with Crippen LogP contribution in [0.2, 0.25) is 0 Å². The molecule has 2 fully saturated rings. The fourth-order valence-corrected chi connectivity index (χ4v) is 4.68. The van der Waals surface area contributed by atoms with Gasteiger partial charge >= 0.3 is 0 Å². The number of aldehydes is 1. The van der Waals surface area contributed by atoms with Crippen molar-refractivity contribution in [3.8, 4) is 11.1 Å². The van der Waals surface area contributed by atoms with Crippen molar-refractivity contribution in [3.05, 3.63) is 41.6 Å². The number of nitrogens with one attached hydrogen (secondary N) is 2. The first kappa shape index (κ1) is 23.4. The molecule has 3 N–H and O–H groups in total. The summed E-state index contributed by atoms with van der Waals surface area (Å²) in [4.78, 5) is 18.6. The molecule has 2 aliphatic rings. The van der Waals surface area contributed by atoms with E-state index in [9.17, 15) is 9.90 Å². The van der Waals surface area contributed by atoms with Gasteiger partial charge in [-0.3, -0.25) is 4.79 Å². The number of carbonyl (C=O) groups excluding carboxylic acids is 1. The smallest absolute Gasteiger partial charge is 0.168 e. The van der Waals surface area contributed by atoms with Gasteiger partial charge in [0.1, 0.15) is 11.5 Å². The molecule has 2 atom stereocenters. The van der Waals surface area contributed by atoms with Crippen molar-refractivity contribution in [1.29, 1.82) is 5.41 Å². The Kier molecular flexibility index (Phi) is 7.40. The maximum absolute atomic E-state index is 11.8. The molecule has 0 radical (unpaired) electrons. The summed E-state index contributed by atoms with van der Waals surface area (Å²) in [5.41, 5.74) is 4.46. The number of aliphatic hydroxyl groups excluding tert-OH is 1. The van der Waals surface area contributed by atoms with Crippen LogP contribution in [0, 0.1) is 11.3 Å². The summed E-state index contributed by atoms with van der Waals surface area (Å²) < 4.78 is 5.46. The van der Waals surface area contributed by atoms with Gasteiger partial charge in [-0.2, -0.15) is 0 Å². The van der Waals surface area contributed by atoms with Crippen molar-refractivity contribution in [1.82, 2.24) is 4.98 Å². The molecule has 7 heteroatoms. The van der Waals surface area contributed by atoms with Crippen LogP contribution in [0.4, 0.5) is 11.5 Å². The second-order valence-corrected chi connectivity index (χ2v) is 9.31. The number of aliphatic hydroxyl groups is 1. The highest BCUT2D eigenvalue weighted by molar-refractivity contribution is 6.09. The second kappa shape index (κ2) is 10.4. The quantitative estimate of drug-likeness (QED) is 0.433. The number of aromatic nitrogens is 1. The molecule has 0 spiro atoms. The summed E-state index contributed by atoms with van der Waals surface area (Å²) in [5.74, 6) is 0.558. The highest BCUT2D eigenvalue weighted by Crippen LogP contribution is 2.34. The lowest BCUT2D eigenvalue weighted by atomic mass is 9.90. The summed E-state index contributed by atoms with van der Waals surface area (Å²) in [7, 11) is 0. The highest BCUT2D eigenvalue weighted by atomic mass is 16.5. The summed E-state index contributed by atoms with van der Waals surface area (Å²) >= 11 is 0. The van der Waals surface area contributed by atoms with Crippen LogP contribution in [-0.4, -0.2) is 60.5 Å². The molecule has 176 valence electrons. The Morgan fingerprint density at radius 1 is 1.24 bits per heavy atom. The molecule has 1 aromatic heterocycles. The van der Waals surface area contributed by atoms with Crippen LogP contribution in [0.15, 0.2) is 30.3 Å². The van der Waals surface area contributed by atoms with Crippen LogP contribution in [0.25, 0.3) is 11.1 Å². The van der Waals surface area contributed by atoms with E-state index in [1.54, 1.807) is 6.07 Å². The fourth-order valence-electron chi connectivity index (χ4n) is 4.68. The lowest BCUT2D eigenvalue weighted by Crippen LogP contribution is -2.36. The van der Waals surface area contributed by atoms with E-state index in [1.807, 2.05) is 13.8 Å². The first-order valence-corrected chi connectivity index (χ1v) is 11.9. The van der Waals surface area contributed by atoms with Crippen molar-refractivity contribution in [2.75, 3.05) is 36.5 Å². The fraction of sp³-hybridized carbons (Fsp3) is 0.500. The number of morpholine rings is 1. The molecule has 0 amide bonds. The average molecular weight is 451 g/mol. The summed E-state index contributed by atoms with van der Waals surface area (Å²) in [6.07, 6.45) is 3.77. The van der Waals surface area contributed by atoms with E-state index in [0.29, 0.717) is 23.6 Å². The van der Waals surface area contributed by atoms with Crippen molar-refractivity contribution in [3.63, 3.8) is 0 Å². The van der Waals surface area contributed by atoms with E-state index < -0.39 is 0 Å². The molecule has 1 saturated heterocycles. The van der Waals surface area contributed by atoms with Crippen LogP contribution in [0.5, 0.6) is 0 Å². The number of pyridine rings is 1. The zero-order valence-electron chi connectivity index (χ0n) is 19.5. The molecule has 1 aliphatic heterocycles. The van der Waals surface area contributed by atoms with E-state index in [2.05, 4.69) is 39.5 Å². The third-order valence-corrected chi connectivity index (χ3v) is 6.55. The zero-order valence-corrected chi connectivity index (χ0v) is 19.5. The Labute approximate surface area is 195 Å². The summed E-state index contributed by atoms with van der Waals surface area (Å²) in [6.45, 7) is 7.19. The third-order valence-electron chi connectivity index (χ3n) is 6.55.